The fraction of sp³-hybridized carbons (Fsp3) is 0.548. The molecule has 0 atom stereocenters. The lowest BCUT2D eigenvalue weighted by Crippen LogP contribution is -2.52. The molecule has 0 aliphatic rings. The van der Waals surface area contributed by atoms with E-state index in [-0.39, 0.29) is 0 Å². The number of ether oxygens (including phenoxy) is 1. The number of hydrogen-bond donors (Lipinski definition) is 1. The minimum absolute atomic E-state index is 0.399. The summed E-state index contributed by atoms with van der Waals surface area (Å²) in [7, 11) is -13.4. The van der Waals surface area contributed by atoms with E-state index in [1.807, 2.05) is 36.4 Å². The number of benzene rings is 2. The number of isocyanates is 1. The fourth-order valence-electron chi connectivity index (χ4n) is 4.53. The highest BCUT2D eigenvalue weighted by Gasteiger charge is 2.47. The molecule has 0 aliphatic carbocycles. The van der Waals surface area contributed by atoms with Crippen LogP contribution in [0.15, 0.2) is 53.5 Å². The summed E-state index contributed by atoms with van der Waals surface area (Å²) in [5, 5.41) is 2.85. The molecule has 0 bridgehead atoms. The van der Waals surface area contributed by atoms with E-state index >= 15 is 0 Å². The number of carbonyl (C=O) groups is 1. The van der Waals surface area contributed by atoms with Gasteiger partial charge in [0.2, 0.25) is 6.08 Å². The number of anilines is 1. The maximum Gasteiger partial charge on any atom is 0.480 e. The average molecular weight is 761 g/mol. The van der Waals surface area contributed by atoms with Crippen molar-refractivity contribution in [3.05, 3.63) is 63.8 Å². The number of aliphatic imine (C=N–C) groups is 1. The molecule has 0 radical (unpaired) electrons. The number of nitrogens with one attached hydrogen (secondary N) is 1. The summed E-state index contributed by atoms with van der Waals surface area (Å²) in [6.45, 7) is 11.5. The highest BCUT2D eigenvalue weighted by atomic mass is 32.3. The van der Waals surface area contributed by atoms with Gasteiger partial charge in [0.15, 0.2) is 20.0 Å². The second-order valence-electron chi connectivity index (χ2n) is 11.2. The third-order valence-electron chi connectivity index (χ3n) is 7.26. The summed E-state index contributed by atoms with van der Waals surface area (Å²) in [6, 6.07) is 15.3. The molecule has 0 heterocycles. The number of alkyl halides is 6. The van der Waals surface area contributed by atoms with Crippen LogP contribution in [0, 0.1) is 0 Å². The molecule has 1 amide bonds. The molecule has 0 unspecified atom stereocenters. The molecule has 1 N–H and O–H groups in total. The van der Waals surface area contributed by atoms with Crippen molar-refractivity contribution >= 4 is 43.6 Å². The van der Waals surface area contributed by atoms with Crippen LogP contribution in [0.1, 0.15) is 70.4 Å². The Morgan fingerprint density at radius 2 is 1.18 bits per heavy atom. The van der Waals surface area contributed by atoms with Crippen molar-refractivity contribution in [2.45, 2.75) is 76.7 Å². The Morgan fingerprint density at radius 1 is 0.760 bits per heavy atom. The van der Waals surface area contributed by atoms with Gasteiger partial charge in [-0.05, 0) is 61.1 Å². The Bertz CT molecular complexity index is 1530. The van der Waals surface area contributed by atoms with Gasteiger partial charge < -0.3 is 13.3 Å². The number of carbonyl (C=O) groups excluding carboxylic acids is 2. The highest BCUT2D eigenvalue weighted by Crippen LogP contribution is 2.36. The van der Waals surface area contributed by atoms with Crippen molar-refractivity contribution in [3.63, 3.8) is 0 Å². The van der Waals surface area contributed by atoms with Crippen molar-refractivity contribution in [3.8, 4) is 0 Å². The van der Waals surface area contributed by atoms with Crippen molar-refractivity contribution in [1.29, 1.82) is 0 Å². The van der Waals surface area contributed by atoms with Gasteiger partial charge >= 0.3 is 17.1 Å². The van der Waals surface area contributed by atoms with Crippen LogP contribution in [0.5, 0.6) is 0 Å². The van der Waals surface area contributed by atoms with E-state index in [1.165, 1.54) is 38.5 Å². The lowest BCUT2D eigenvalue weighted by atomic mass is 10.0. The molecule has 0 fully saturated rings. The molecule has 2 rings (SSSR count). The molecule has 0 aliphatic heterocycles. The SMILES string of the molecule is CCCC[N+](CCCC)(CCCC)CCOC(=O)Nc1ccc(Cc2ccc(N=C=O)cc2)cc1.O=S(=O)([N-]S(=O)(=O)C(F)(F)F)C(F)(F)F. The molecule has 0 spiro atoms. The van der Waals surface area contributed by atoms with Gasteiger partial charge in [0.25, 0.3) is 0 Å². The molecular weight excluding hydrogens is 718 g/mol. The van der Waals surface area contributed by atoms with Crippen LogP contribution in [0.4, 0.5) is 42.5 Å². The van der Waals surface area contributed by atoms with Gasteiger partial charge in [0, 0.05) is 5.69 Å². The standard InChI is InChI=1S/C29H41N3O3.C2F6NO4S2/c1-4-7-18-32(19-8-5-2,20-9-6-3)21-22-35-29(34)31-28-16-12-26(13-17-28)23-25-10-14-27(15-11-25)30-24-33;3-1(4,5)14(10,11)9-15(12,13)2(6,7)8/h10-17H,4-9,18-23H2,1-3H3;/q;-1/p+1. The number of amides is 1. The normalized spacial score (nSPS) is 12.3. The van der Waals surface area contributed by atoms with Crippen LogP contribution in [0.25, 0.3) is 4.13 Å². The first-order valence-corrected chi connectivity index (χ1v) is 18.5. The molecular formula is C31H42F6N4O7S2. The number of rotatable bonds is 18. The van der Waals surface area contributed by atoms with Crippen LogP contribution < -0.4 is 5.32 Å². The van der Waals surface area contributed by atoms with E-state index in [2.05, 4.69) is 31.1 Å². The first-order valence-electron chi connectivity index (χ1n) is 15.7. The van der Waals surface area contributed by atoms with Crippen LogP contribution in [-0.2, 0) is 36.0 Å². The topological polar surface area (TPSA) is 150 Å². The molecule has 2 aromatic rings. The third kappa shape index (κ3) is 15.6. The average Bonchev–Trinajstić information content (AvgIpc) is 3.02. The van der Waals surface area contributed by atoms with Crippen LogP contribution in [-0.4, -0.2) is 77.3 Å². The lowest BCUT2D eigenvalue weighted by Gasteiger charge is -2.39. The Kier molecular flexibility index (Phi) is 18.1. The van der Waals surface area contributed by atoms with Gasteiger partial charge in [-0.25, -0.2) is 26.4 Å². The molecule has 2 aromatic carbocycles. The van der Waals surface area contributed by atoms with Crippen LogP contribution >= 0.6 is 0 Å². The molecule has 0 saturated heterocycles. The number of sulfonamides is 2. The lowest BCUT2D eigenvalue weighted by molar-refractivity contribution is -0.929. The zero-order valence-corrected chi connectivity index (χ0v) is 29.5. The van der Waals surface area contributed by atoms with Crippen molar-refractivity contribution in [2.24, 2.45) is 4.99 Å². The zero-order chi connectivity index (χ0) is 38.1. The summed E-state index contributed by atoms with van der Waals surface area (Å²) in [5.41, 5.74) is -8.85. The van der Waals surface area contributed by atoms with Crippen LogP contribution in [0.2, 0.25) is 0 Å². The third-order valence-corrected chi connectivity index (χ3v) is 10.00. The van der Waals surface area contributed by atoms with Gasteiger partial charge in [-0.3, -0.25) is 5.32 Å². The predicted molar refractivity (Wildman–Crippen MR) is 176 cm³/mol. The van der Waals surface area contributed by atoms with E-state index in [9.17, 15) is 52.8 Å². The summed E-state index contributed by atoms with van der Waals surface area (Å²) in [5.74, 6) is 0. The summed E-state index contributed by atoms with van der Waals surface area (Å²) < 4.78 is 116. The number of nitrogens with zero attached hydrogens (tertiary/aromatic N) is 3. The van der Waals surface area contributed by atoms with E-state index in [1.54, 1.807) is 18.2 Å². The van der Waals surface area contributed by atoms with Gasteiger partial charge in [-0.15, -0.1) is 0 Å². The van der Waals surface area contributed by atoms with Gasteiger partial charge in [0.1, 0.15) is 13.2 Å². The second-order valence-corrected chi connectivity index (χ2v) is 14.6. The van der Waals surface area contributed by atoms with Crippen LogP contribution in [0.3, 0.4) is 0 Å². The number of quaternary nitrogens is 1. The summed E-state index contributed by atoms with van der Waals surface area (Å²) in [6.07, 6.45) is 9.11. The van der Waals surface area contributed by atoms with Gasteiger partial charge in [0.05, 0.1) is 25.3 Å². The maximum atomic E-state index is 12.4. The zero-order valence-electron chi connectivity index (χ0n) is 27.9. The minimum Gasteiger partial charge on any atom is -0.443 e. The largest absolute Gasteiger partial charge is 0.480 e. The molecule has 11 nitrogen and oxygen atoms in total. The van der Waals surface area contributed by atoms with E-state index in [0.29, 0.717) is 12.3 Å². The molecule has 19 heteroatoms. The Labute approximate surface area is 288 Å². The highest BCUT2D eigenvalue weighted by molar-refractivity contribution is 8.13. The minimum atomic E-state index is -6.72. The van der Waals surface area contributed by atoms with Crippen molar-refractivity contribution < 1.29 is 62.0 Å². The second kappa shape index (κ2) is 20.4. The van der Waals surface area contributed by atoms with Gasteiger partial charge in [-0.2, -0.15) is 31.3 Å². The Hall–Kier alpha value is -3.51. The Morgan fingerprint density at radius 3 is 1.56 bits per heavy atom. The fourth-order valence-corrected chi connectivity index (χ4v) is 6.24. The molecule has 0 aromatic heterocycles. The number of unbranched alkanes of at least 4 members (excludes halogenated alkanes) is 3. The number of hydrogen-bond acceptors (Lipinski definition) is 8. The first kappa shape index (κ1) is 44.5. The monoisotopic (exact) mass is 760 g/mol. The first-order chi connectivity index (χ1) is 23.2. The maximum absolute atomic E-state index is 12.4. The summed E-state index contributed by atoms with van der Waals surface area (Å²) in [4.78, 5) is 26.4. The van der Waals surface area contributed by atoms with E-state index in [4.69, 9.17) is 4.74 Å². The Balaban J connectivity index is 0.000000700. The van der Waals surface area contributed by atoms with E-state index < -0.39 is 37.2 Å². The van der Waals surface area contributed by atoms with Crippen molar-refractivity contribution in [1.82, 2.24) is 0 Å². The van der Waals surface area contributed by atoms with Gasteiger partial charge in [-0.1, -0.05) is 64.3 Å². The quantitative estimate of drug-likeness (QED) is 0.0699. The van der Waals surface area contributed by atoms with Crippen molar-refractivity contribution in [2.75, 3.05) is 38.1 Å². The number of halogens is 6. The molecule has 0 saturated carbocycles. The molecule has 50 heavy (non-hydrogen) atoms. The summed E-state index contributed by atoms with van der Waals surface area (Å²) >= 11 is 0. The smallest absolute Gasteiger partial charge is 0.443 e. The predicted octanol–water partition coefficient (Wildman–Crippen LogP) is 8.07. The molecule has 282 valence electrons. The van der Waals surface area contributed by atoms with E-state index in [0.717, 1.165) is 58.0 Å².